The van der Waals surface area contributed by atoms with Crippen LogP contribution in [0.5, 0.6) is 0 Å². The molecule has 0 aromatic carbocycles. The summed E-state index contributed by atoms with van der Waals surface area (Å²) in [5.74, 6) is 4.80. The van der Waals surface area contributed by atoms with Crippen molar-refractivity contribution in [1.29, 1.82) is 0 Å². The van der Waals surface area contributed by atoms with E-state index in [1.54, 1.807) is 6.92 Å². The summed E-state index contributed by atoms with van der Waals surface area (Å²) in [4.78, 5) is 11.1. The maximum atomic E-state index is 11.1. The van der Waals surface area contributed by atoms with Crippen LogP contribution in [0.1, 0.15) is 46.5 Å². The Morgan fingerprint density at radius 1 is 1.31 bits per heavy atom. The van der Waals surface area contributed by atoms with Crippen LogP contribution in [0, 0.1) is 17.3 Å². The second-order valence-corrected chi connectivity index (χ2v) is 3.26. The van der Waals surface area contributed by atoms with Crippen LogP contribution < -0.4 is 0 Å². The number of carboxylic acids is 1. The summed E-state index contributed by atoms with van der Waals surface area (Å²) in [7, 11) is 0. The average molecular weight is 182 g/mol. The molecule has 0 aromatic rings. The maximum Gasteiger partial charge on any atom is 0.321 e. The molecule has 1 N–H and O–H groups in total. The summed E-state index contributed by atoms with van der Waals surface area (Å²) in [5.41, 5.74) is -0.793. The number of carboxylic acid groups (broad SMARTS) is 1. The predicted molar refractivity (Wildman–Crippen MR) is 53.3 cm³/mol. The van der Waals surface area contributed by atoms with Crippen LogP contribution in [-0.2, 0) is 4.79 Å². The summed E-state index contributed by atoms with van der Waals surface area (Å²) in [6.45, 7) is 5.68. The molecule has 0 spiro atoms. The minimum absolute atomic E-state index is 0.650. The molecule has 0 amide bonds. The van der Waals surface area contributed by atoms with Crippen molar-refractivity contribution in [3.63, 3.8) is 0 Å². The zero-order valence-corrected chi connectivity index (χ0v) is 8.68. The lowest BCUT2D eigenvalue weighted by Gasteiger charge is -2.22. The Morgan fingerprint density at radius 3 is 2.00 bits per heavy atom. The summed E-state index contributed by atoms with van der Waals surface area (Å²) in [5, 5.41) is 9.11. The first-order chi connectivity index (χ1) is 6.13. The molecule has 0 saturated carbocycles. The van der Waals surface area contributed by atoms with Crippen LogP contribution in [0.3, 0.4) is 0 Å². The van der Waals surface area contributed by atoms with Crippen molar-refractivity contribution in [2.24, 2.45) is 5.41 Å². The van der Waals surface area contributed by atoms with Crippen LogP contribution in [0.4, 0.5) is 0 Å². The zero-order valence-electron chi connectivity index (χ0n) is 8.68. The smallest absolute Gasteiger partial charge is 0.321 e. The van der Waals surface area contributed by atoms with Crippen molar-refractivity contribution in [3.8, 4) is 11.8 Å². The molecule has 0 aliphatic carbocycles. The minimum atomic E-state index is -0.793. The fraction of sp³-hybridized carbons (Fsp3) is 0.727. The zero-order chi connectivity index (χ0) is 10.3. The first-order valence-corrected chi connectivity index (χ1v) is 4.80. The molecule has 13 heavy (non-hydrogen) atoms. The van der Waals surface area contributed by atoms with Gasteiger partial charge >= 0.3 is 5.97 Å². The van der Waals surface area contributed by atoms with E-state index in [0.717, 1.165) is 12.8 Å². The Morgan fingerprint density at radius 2 is 1.77 bits per heavy atom. The molecule has 0 rings (SSSR count). The Hall–Kier alpha value is -0.970. The molecule has 74 valence electrons. The van der Waals surface area contributed by atoms with Crippen molar-refractivity contribution in [1.82, 2.24) is 0 Å². The van der Waals surface area contributed by atoms with Crippen LogP contribution in [0.2, 0.25) is 0 Å². The van der Waals surface area contributed by atoms with Gasteiger partial charge in [0.15, 0.2) is 0 Å². The average Bonchev–Trinajstić information content (AvgIpc) is 2.05. The van der Waals surface area contributed by atoms with Crippen LogP contribution in [0.25, 0.3) is 0 Å². The van der Waals surface area contributed by atoms with E-state index < -0.39 is 11.4 Å². The number of rotatable bonds is 5. The van der Waals surface area contributed by atoms with Crippen molar-refractivity contribution < 1.29 is 9.90 Å². The van der Waals surface area contributed by atoms with Gasteiger partial charge in [0.05, 0.1) is 0 Å². The molecule has 0 fully saturated rings. The Balaban J connectivity index is 4.76. The number of carbonyl (C=O) groups is 1. The lowest BCUT2D eigenvalue weighted by Crippen LogP contribution is -2.29. The van der Waals surface area contributed by atoms with Crippen LogP contribution in [0.15, 0.2) is 0 Å². The van der Waals surface area contributed by atoms with E-state index in [9.17, 15) is 4.79 Å². The molecule has 0 aliphatic rings. The van der Waals surface area contributed by atoms with Crippen molar-refractivity contribution in [2.45, 2.75) is 46.5 Å². The molecule has 2 nitrogen and oxygen atoms in total. The number of hydrogen-bond acceptors (Lipinski definition) is 1. The molecule has 0 aromatic heterocycles. The van der Waals surface area contributed by atoms with E-state index in [2.05, 4.69) is 11.8 Å². The van der Waals surface area contributed by atoms with Gasteiger partial charge < -0.3 is 5.11 Å². The topological polar surface area (TPSA) is 37.3 Å². The highest BCUT2D eigenvalue weighted by Gasteiger charge is 2.34. The monoisotopic (exact) mass is 182 g/mol. The molecule has 0 bridgehead atoms. The highest BCUT2D eigenvalue weighted by molar-refractivity contribution is 5.78. The second kappa shape index (κ2) is 5.64. The minimum Gasteiger partial charge on any atom is -0.480 e. The quantitative estimate of drug-likeness (QED) is 0.664. The SMILES string of the molecule is CC#CC(CCC)(CCC)C(=O)O. The third-order valence-electron chi connectivity index (χ3n) is 2.13. The van der Waals surface area contributed by atoms with Gasteiger partial charge in [-0.25, -0.2) is 0 Å². The summed E-state index contributed by atoms with van der Waals surface area (Å²) in [6.07, 6.45) is 3.02. The van der Waals surface area contributed by atoms with E-state index in [4.69, 9.17) is 5.11 Å². The molecule has 0 aliphatic heterocycles. The summed E-state index contributed by atoms with van der Waals surface area (Å²) >= 11 is 0. The van der Waals surface area contributed by atoms with Gasteiger partial charge in [-0.2, -0.15) is 0 Å². The highest BCUT2D eigenvalue weighted by Crippen LogP contribution is 2.29. The molecule has 0 heterocycles. The van der Waals surface area contributed by atoms with E-state index in [-0.39, 0.29) is 0 Å². The van der Waals surface area contributed by atoms with E-state index in [1.165, 1.54) is 0 Å². The fourth-order valence-electron chi connectivity index (χ4n) is 1.61. The molecular formula is C11H18O2. The van der Waals surface area contributed by atoms with Crippen molar-refractivity contribution in [2.75, 3.05) is 0 Å². The Kier molecular flexibility index (Phi) is 5.22. The van der Waals surface area contributed by atoms with Gasteiger partial charge in [0.25, 0.3) is 0 Å². The van der Waals surface area contributed by atoms with Gasteiger partial charge in [-0.05, 0) is 19.8 Å². The van der Waals surface area contributed by atoms with Crippen LogP contribution in [-0.4, -0.2) is 11.1 Å². The van der Waals surface area contributed by atoms with Gasteiger partial charge in [0, 0.05) is 0 Å². The standard InChI is InChI=1S/C11H18O2/c1-4-7-11(8-5-2,9-6-3)10(12)13/h4-5,7-8H2,1-3H3,(H,12,13). The van der Waals surface area contributed by atoms with Gasteiger partial charge in [0.1, 0.15) is 5.41 Å². The van der Waals surface area contributed by atoms with Crippen molar-refractivity contribution in [3.05, 3.63) is 0 Å². The molecule has 0 radical (unpaired) electrons. The summed E-state index contributed by atoms with van der Waals surface area (Å²) in [6, 6.07) is 0. The largest absolute Gasteiger partial charge is 0.480 e. The lowest BCUT2D eigenvalue weighted by atomic mass is 9.80. The molecular weight excluding hydrogens is 164 g/mol. The van der Waals surface area contributed by atoms with Gasteiger partial charge in [-0.1, -0.05) is 32.6 Å². The van der Waals surface area contributed by atoms with Crippen LogP contribution >= 0.6 is 0 Å². The van der Waals surface area contributed by atoms with Gasteiger partial charge in [-0.3, -0.25) is 4.79 Å². The predicted octanol–water partition coefficient (Wildman–Crippen LogP) is 2.68. The third-order valence-corrected chi connectivity index (χ3v) is 2.13. The molecule has 0 atom stereocenters. The Bertz CT molecular complexity index is 214. The van der Waals surface area contributed by atoms with Crippen molar-refractivity contribution >= 4 is 5.97 Å². The maximum absolute atomic E-state index is 11.1. The van der Waals surface area contributed by atoms with E-state index >= 15 is 0 Å². The summed E-state index contributed by atoms with van der Waals surface area (Å²) < 4.78 is 0. The number of aliphatic carboxylic acids is 1. The van der Waals surface area contributed by atoms with E-state index in [1.807, 2.05) is 13.8 Å². The second-order valence-electron chi connectivity index (χ2n) is 3.26. The molecule has 0 unspecified atom stereocenters. The number of hydrogen-bond donors (Lipinski definition) is 1. The Labute approximate surface area is 80.3 Å². The van der Waals surface area contributed by atoms with Gasteiger partial charge in [0.2, 0.25) is 0 Å². The third kappa shape index (κ3) is 3.10. The van der Waals surface area contributed by atoms with E-state index in [0.29, 0.717) is 12.8 Å². The fourth-order valence-corrected chi connectivity index (χ4v) is 1.61. The highest BCUT2D eigenvalue weighted by atomic mass is 16.4. The molecule has 0 saturated heterocycles. The normalized spacial score (nSPS) is 10.4. The first-order valence-electron chi connectivity index (χ1n) is 4.80. The lowest BCUT2D eigenvalue weighted by molar-refractivity contribution is -0.146. The molecule has 2 heteroatoms. The first kappa shape index (κ1) is 12.0. The van der Waals surface area contributed by atoms with Gasteiger partial charge in [-0.15, -0.1) is 5.92 Å².